The molecule has 20 heavy (non-hydrogen) atoms. The zero-order valence-corrected chi connectivity index (χ0v) is 11.8. The molecular weight excluding hydrogens is 251 g/mol. The van der Waals surface area contributed by atoms with Crippen LogP contribution in [-0.4, -0.2) is 6.54 Å². The van der Waals surface area contributed by atoms with Crippen LogP contribution in [0.15, 0.2) is 48.5 Å². The minimum absolute atomic E-state index is 0.236. The fraction of sp³-hybridized carbons (Fsp3) is 0.294. The largest absolute Gasteiger partial charge is 0.341 e. The first-order valence-electron chi connectivity index (χ1n) is 7.06. The van der Waals surface area contributed by atoms with Crippen molar-refractivity contribution < 1.29 is 4.39 Å². The van der Waals surface area contributed by atoms with Gasteiger partial charge in [0, 0.05) is 24.5 Å². The molecule has 0 aromatic heterocycles. The predicted molar refractivity (Wildman–Crippen MR) is 82.6 cm³/mol. The molecule has 106 valence electrons. The normalized spacial score (nSPS) is 10.6. The number of anilines is 2. The van der Waals surface area contributed by atoms with Crippen LogP contribution in [-0.2, 0) is 6.54 Å². The lowest BCUT2D eigenvalue weighted by atomic mass is 10.1. The lowest BCUT2D eigenvalue weighted by molar-refractivity contribution is 0.625. The van der Waals surface area contributed by atoms with Crippen molar-refractivity contribution in [2.45, 2.75) is 26.3 Å². The number of hydrogen-bond donors (Lipinski definition) is 1. The Balaban J connectivity index is 2.38. The van der Waals surface area contributed by atoms with Crippen LogP contribution in [0.2, 0.25) is 0 Å². The van der Waals surface area contributed by atoms with Crippen LogP contribution in [0.5, 0.6) is 0 Å². The first-order chi connectivity index (χ1) is 9.74. The number of nitrogens with zero attached hydrogens (tertiary/aromatic N) is 1. The van der Waals surface area contributed by atoms with Gasteiger partial charge >= 0.3 is 0 Å². The Kier molecular flexibility index (Phi) is 5.13. The van der Waals surface area contributed by atoms with E-state index in [1.54, 1.807) is 6.07 Å². The van der Waals surface area contributed by atoms with E-state index in [1.807, 2.05) is 36.4 Å². The van der Waals surface area contributed by atoms with Crippen molar-refractivity contribution in [3.8, 4) is 0 Å². The zero-order chi connectivity index (χ0) is 14.4. The number of halogens is 1. The van der Waals surface area contributed by atoms with Crippen molar-refractivity contribution >= 4 is 11.4 Å². The van der Waals surface area contributed by atoms with Crippen LogP contribution >= 0.6 is 0 Å². The van der Waals surface area contributed by atoms with Gasteiger partial charge in [0.2, 0.25) is 0 Å². The van der Waals surface area contributed by atoms with Crippen LogP contribution in [0.3, 0.4) is 0 Å². The van der Waals surface area contributed by atoms with Gasteiger partial charge in [0.25, 0.3) is 0 Å². The maximum Gasteiger partial charge on any atom is 0.125 e. The van der Waals surface area contributed by atoms with Crippen LogP contribution < -0.4 is 10.6 Å². The van der Waals surface area contributed by atoms with Gasteiger partial charge in [0.05, 0.1) is 0 Å². The third-order valence-electron chi connectivity index (χ3n) is 3.29. The van der Waals surface area contributed by atoms with Crippen molar-refractivity contribution in [2.75, 3.05) is 11.4 Å². The molecule has 0 atom stereocenters. The highest BCUT2D eigenvalue weighted by Gasteiger charge is 2.10. The average molecular weight is 272 g/mol. The highest BCUT2D eigenvalue weighted by Crippen LogP contribution is 2.27. The second-order valence-electron chi connectivity index (χ2n) is 4.86. The van der Waals surface area contributed by atoms with Crippen LogP contribution in [0.25, 0.3) is 0 Å². The van der Waals surface area contributed by atoms with Gasteiger partial charge in [-0.15, -0.1) is 0 Å². The number of hydrogen-bond acceptors (Lipinski definition) is 2. The molecule has 2 aromatic carbocycles. The number of unbranched alkanes of at least 4 members (excludes halogenated alkanes) is 1. The number of para-hydroxylation sites is 1. The summed E-state index contributed by atoms with van der Waals surface area (Å²) in [5.74, 6) is -0.236. The monoisotopic (exact) mass is 272 g/mol. The van der Waals surface area contributed by atoms with Gasteiger partial charge < -0.3 is 10.6 Å². The molecule has 2 rings (SSSR count). The van der Waals surface area contributed by atoms with Crippen LogP contribution in [0.1, 0.15) is 25.3 Å². The Morgan fingerprint density at radius 2 is 1.80 bits per heavy atom. The Labute approximate surface area is 120 Å². The van der Waals surface area contributed by atoms with E-state index in [2.05, 4.69) is 11.8 Å². The fourth-order valence-electron chi connectivity index (χ4n) is 2.24. The molecule has 0 radical (unpaired) electrons. The lowest BCUT2D eigenvalue weighted by Gasteiger charge is -2.25. The van der Waals surface area contributed by atoms with Gasteiger partial charge in [0.15, 0.2) is 0 Å². The minimum Gasteiger partial charge on any atom is -0.341 e. The van der Waals surface area contributed by atoms with E-state index in [9.17, 15) is 4.39 Å². The molecule has 0 aliphatic carbocycles. The molecule has 0 spiro atoms. The van der Waals surface area contributed by atoms with Crippen molar-refractivity contribution in [3.63, 3.8) is 0 Å². The smallest absolute Gasteiger partial charge is 0.125 e. The Hall–Kier alpha value is -1.87. The third kappa shape index (κ3) is 3.58. The number of benzene rings is 2. The Bertz CT molecular complexity index is 540. The molecule has 2 N–H and O–H groups in total. The maximum absolute atomic E-state index is 13.7. The molecule has 0 saturated carbocycles. The number of nitrogens with two attached hydrogens (primary N) is 1. The second-order valence-corrected chi connectivity index (χ2v) is 4.86. The van der Waals surface area contributed by atoms with Crippen molar-refractivity contribution in [1.29, 1.82) is 0 Å². The van der Waals surface area contributed by atoms with E-state index >= 15 is 0 Å². The molecule has 0 saturated heterocycles. The summed E-state index contributed by atoms with van der Waals surface area (Å²) in [5, 5.41) is 0. The summed E-state index contributed by atoms with van der Waals surface area (Å²) in [6.07, 6.45) is 2.16. The van der Waals surface area contributed by atoms with E-state index < -0.39 is 0 Å². The van der Waals surface area contributed by atoms with E-state index in [4.69, 9.17) is 5.73 Å². The summed E-state index contributed by atoms with van der Waals surface area (Å²) in [4.78, 5) is 2.14. The molecule has 0 aliphatic rings. The Morgan fingerprint density at radius 1 is 1.05 bits per heavy atom. The van der Waals surface area contributed by atoms with Gasteiger partial charge in [0.1, 0.15) is 5.82 Å². The molecule has 0 amide bonds. The predicted octanol–water partition coefficient (Wildman–Crippen LogP) is 4.22. The van der Waals surface area contributed by atoms with Crippen LogP contribution in [0.4, 0.5) is 15.8 Å². The molecule has 0 bridgehead atoms. The van der Waals surface area contributed by atoms with Gasteiger partial charge in [-0.1, -0.05) is 31.5 Å². The lowest BCUT2D eigenvalue weighted by Crippen LogP contribution is -2.18. The van der Waals surface area contributed by atoms with Gasteiger partial charge in [-0.25, -0.2) is 4.39 Å². The molecule has 0 fully saturated rings. The van der Waals surface area contributed by atoms with Gasteiger partial charge in [-0.05, 0) is 42.3 Å². The topological polar surface area (TPSA) is 29.3 Å². The van der Waals surface area contributed by atoms with E-state index in [1.165, 1.54) is 6.07 Å². The van der Waals surface area contributed by atoms with Crippen molar-refractivity contribution in [3.05, 3.63) is 59.9 Å². The van der Waals surface area contributed by atoms with Gasteiger partial charge in [-0.3, -0.25) is 0 Å². The standard InChI is InChI=1S/C17H21FN2/c1-2-3-9-20(16-7-5-4-6-8-16)17-11-14(13-19)10-15(18)12-17/h4-8,10-12H,2-3,9,13,19H2,1H3. The molecular formula is C17H21FN2. The third-order valence-corrected chi connectivity index (χ3v) is 3.29. The second kappa shape index (κ2) is 7.06. The summed E-state index contributed by atoms with van der Waals surface area (Å²) in [6, 6.07) is 15.1. The molecule has 0 heterocycles. The van der Waals surface area contributed by atoms with Gasteiger partial charge in [-0.2, -0.15) is 0 Å². The molecule has 0 unspecified atom stereocenters. The SMILES string of the molecule is CCCCN(c1ccccc1)c1cc(F)cc(CN)c1. The highest BCUT2D eigenvalue weighted by molar-refractivity contribution is 5.63. The van der Waals surface area contributed by atoms with E-state index in [-0.39, 0.29) is 5.82 Å². The zero-order valence-electron chi connectivity index (χ0n) is 11.8. The molecule has 0 aliphatic heterocycles. The first kappa shape index (κ1) is 14.5. The molecule has 2 aromatic rings. The summed E-state index contributed by atoms with van der Waals surface area (Å²) >= 11 is 0. The average Bonchev–Trinajstić information content (AvgIpc) is 2.48. The molecule has 3 heteroatoms. The van der Waals surface area contributed by atoms with Crippen molar-refractivity contribution in [1.82, 2.24) is 0 Å². The van der Waals surface area contributed by atoms with Crippen molar-refractivity contribution in [2.24, 2.45) is 5.73 Å². The highest BCUT2D eigenvalue weighted by atomic mass is 19.1. The first-order valence-corrected chi connectivity index (χ1v) is 7.06. The molecule has 2 nitrogen and oxygen atoms in total. The summed E-state index contributed by atoms with van der Waals surface area (Å²) in [6.45, 7) is 3.37. The summed E-state index contributed by atoms with van der Waals surface area (Å²) in [7, 11) is 0. The fourth-order valence-corrected chi connectivity index (χ4v) is 2.24. The quantitative estimate of drug-likeness (QED) is 0.853. The van der Waals surface area contributed by atoms with E-state index in [0.717, 1.165) is 36.3 Å². The van der Waals surface area contributed by atoms with Crippen LogP contribution in [0, 0.1) is 5.82 Å². The summed E-state index contributed by atoms with van der Waals surface area (Å²) in [5.41, 5.74) is 8.40. The Morgan fingerprint density at radius 3 is 2.45 bits per heavy atom. The number of rotatable bonds is 6. The van der Waals surface area contributed by atoms with E-state index in [0.29, 0.717) is 6.54 Å². The maximum atomic E-state index is 13.7. The minimum atomic E-state index is -0.236. The summed E-state index contributed by atoms with van der Waals surface area (Å²) < 4.78 is 13.7.